The van der Waals surface area contributed by atoms with Gasteiger partial charge in [0.15, 0.2) is 0 Å². The van der Waals surface area contributed by atoms with E-state index in [2.05, 4.69) is 62.5 Å². The molecule has 0 aromatic heterocycles. The Hall–Kier alpha value is -1.92. The fraction of sp³-hybridized carbons (Fsp3) is 0.833. The largest absolute Gasteiger partial charge is 0.462 e. The molecule has 0 aromatic carbocycles. The van der Waals surface area contributed by atoms with Crippen molar-refractivity contribution in [2.24, 2.45) is 0 Å². The highest BCUT2D eigenvalue weighted by Gasteiger charge is 2.24. The molecule has 0 bridgehead atoms. The van der Waals surface area contributed by atoms with Crippen LogP contribution in [0.1, 0.15) is 233 Å². The Bertz CT molecular complexity index is 900. The number of nitrogens with one attached hydrogen (secondary N) is 1. The first-order chi connectivity index (χ1) is 26.5. The number of carbonyl (C=O) groups excluding carboxylic acids is 2. The maximum atomic E-state index is 13.1. The number of hydrogen-bond donors (Lipinski definition) is 3. The van der Waals surface area contributed by atoms with Crippen LogP contribution in [0, 0.1) is 0 Å². The van der Waals surface area contributed by atoms with Crippen molar-refractivity contribution >= 4 is 11.9 Å². The third kappa shape index (κ3) is 37.0. The van der Waals surface area contributed by atoms with Crippen molar-refractivity contribution in [2.45, 2.75) is 251 Å². The first-order valence-corrected chi connectivity index (χ1v) is 23.2. The topological polar surface area (TPSA) is 95.9 Å². The van der Waals surface area contributed by atoms with Crippen molar-refractivity contribution in [2.75, 3.05) is 6.61 Å². The zero-order valence-electron chi connectivity index (χ0n) is 35.9. The number of ether oxygens (including phenoxy) is 1. The second-order valence-corrected chi connectivity index (χ2v) is 15.8. The van der Waals surface area contributed by atoms with Crippen LogP contribution in [0.4, 0.5) is 0 Å². The molecule has 0 fully saturated rings. The molecule has 0 aromatic rings. The quantitative estimate of drug-likeness (QED) is 0.0328. The van der Waals surface area contributed by atoms with E-state index in [0.29, 0.717) is 19.3 Å². The lowest BCUT2D eigenvalue weighted by atomic mass is 10.0. The second-order valence-electron chi connectivity index (χ2n) is 15.8. The van der Waals surface area contributed by atoms with Gasteiger partial charge in [0, 0.05) is 6.42 Å². The third-order valence-electron chi connectivity index (χ3n) is 10.5. The molecular formula is C48H89NO5. The molecule has 0 rings (SSSR count). The number of aliphatic hydroxyl groups excluding tert-OH is 2. The number of carbonyl (C=O) groups is 2. The van der Waals surface area contributed by atoms with Crippen LogP contribution >= 0.6 is 0 Å². The fourth-order valence-electron chi connectivity index (χ4n) is 7.02. The Morgan fingerprint density at radius 2 is 1.00 bits per heavy atom. The number of allylic oxidation sites excluding steroid dienone is 6. The van der Waals surface area contributed by atoms with Gasteiger partial charge in [-0.05, 0) is 44.9 Å². The molecule has 1 amide bonds. The summed E-state index contributed by atoms with van der Waals surface area (Å²) in [4.78, 5) is 26.0. The minimum Gasteiger partial charge on any atom is -0.462 e. The van der Waals surface area contributed by atoms with Gasteiger partial charge >= 0.3 is 5.97 Å². The molecule has 54 heavy (non-hydrogen) atoms. The van der Waals surface area contributed by atoms with Crippen molar-refractivity contribution in [1.82, 2.24) is 5.32 Å². The smallest absolute Gasteiger partial charge is 0.306 e. The van der Waals surface area contributed by atoms with Crippen LogP contribution in [0.2, 0.25) is 0 Å². The van der Waals surface area contributed by atoms with Gasteiger partial charge in [-0.1, -0.05) is 211 Å². The van der Waals surface area contributed by atoms with E-state index in [1.54, 1.807) is 0 Å². The summed E-state index contributed by atoms with van der Waals surface area (Å²) in [6.07, 6.45) is 47.7. The van der Waals surface area contributed by atoms with Crippen molar-refractivity contribution in [3.05, 3.63) is 36.5 Å². The zero-order chi connectivity index (χ0) is 39.6. The molecule has 0 heterocycles. The second kappa shape index (κ2) is 42.2. The molecule has 0 spiro atoms. The molecule has 0 aliphatic carbocycles. The minimum atomic E-state index is -0.786. The SMILES string of the molecule is CC/C=C/C=C/C=C\CCCCCCCC(=O)OC(CCCCCCCCCCCCCCC)CC(=O)NC(CO)C(O)CCCCCCCCCCC. The van der Waals surface area contributed by atoms with Crippen LogP contribution in [-0.2, 0) is 14.3 Å². The Labute approximate surface area is 334 Å². The van der Waals surface area contributed by atoms with Gasteiger partial charge in [-0.15, -0.1) is 0 Å². The van der Waals surface area contributed by atoms with Gasteiger partial charge in [0.2, 0.25) is 5.91 Å². The summed E-state index contributed by atoms with van der Waals surface area (Å²) < 4.78 is 5.90. The standard InChI is InChI=1S/C48H89NO5/c1-4-7-10-13-16-19-21-23-25-28-30-33-36-39-44(54-48(53)41-38-35-32-29-26-24-22-20-17-14-11-8-5-2)42-47(52)49-45(43-50)46(51)40-37-34-31-27-18-15-12-9-6-3/h8,11,14,17,20,22,44-46,50-51H,4-7,9-10,12-13,15-16,18-19,21,23-43H2,1-3H3,(H,49,52)/b11-8+,17-14+,22-20-. The first kappa shape index (κ1) is 52.1. The third-order valence-corrected chi connectivity index (χ3v) is 10.5. The van der Waals surface area contributed by atoms with E-state index in [4.69, 9.17) is 4.74 Å². The summed E-state index contributed by atoms with van der Waals surface area (Å²) in [5.41, 5.74) is 0. The normalized spacial score (nSPS) is 13.6. The summed E-state index contributed by atoms with van der Waals surface area (Å²) in [7, 11) is 0. The van der Waals surface area contributed by atoms with E-state index in [1.165, 1.54) is 109 Å². The molecule has 0 saturated carbocycles. The molecule has 6 heteroatoms. The van der Waals surface area contributed by atoms with Crippen molar-refractivity contribution in [1.29, 1.82) is 0 Å². The minimum absolute atomic E-state index is 0.0723. The van der Waals surface area contributed by atoms with Crippen LogP contribution in [0.5, 0.6) is 0 Å². The molecule has 0 saturated heterocycles. The van der Waals surface area contributed by atoms with Crippen LogP contribution in [0.15, 0.2) is 36.5 Å². The van der Waals surface area contributed by atoms with Crippen LogP contribution < -0.4 is 5.32 Å². The van der Waals surface area contributed by atoms with Gasteiger partial charge in [0.25, 0.3) is 0 Å². The summed E-state index contributed by atoms with van der Waals surface area (Å²) in [6.45, 7) is 6.32. The maximum Gasteiger partial charge on any atom is 0.306 e. The van der Waals surface area contributed by atoms with Crippen LogP contribution in [-0.4, -0.2) is 46.9 Å². The lowest BCUT2D eigenvalue weighted by molar-refractivity contribution is -0.151. The number of rotatable bonds is 41. The van der Waals surface area contributed by atoms with Gasteiger partial charge < -0.3 is 20.3 Å². The van der Waals surface area contributed by atoms with Gasteiger partial charge in [-0.25, -0.2) is 0 Å². The molecule has 316 valence electrons. The lowest BCUT2D eigenvalue weighted by Gasteiger charge is -2.24. The number of amides is 1. The number of aliphatic hydroxyl groups is 2. The van der Waals surface area contributed by atoms with Gasteiger partial charge in [-0.3, -0.25) is 9.59 Å². The Kier molecular flexibility index (Phi) is 40.7. The number of unbranched alkanes of at least 4 members (excludes halogenated alkanes) is 25. The van der Waals surface area contributed by atoms with Crippen LogP contribution in [0.3, 0.4) is 0 Å². The summed E-state index contributed by atoms with van der Waals surface area (Å²) in [5, 5.41) is 23.6. The summed E-state index contributed by atoms with van der Waals surface area (Å²) in [6, 6.07) is -0.700. The van der Waals surface area contributed by atoms with Crippen molar-refractivity contribution in [3.63, 3.8) is 0 Å². The van der Waals surface area contributed by atoms with Gasteiger partial charge in [-0.2, -0.15) is 0 Å². The zero-order valence-corrected chi connectivity index (χ0v) is 35.9. The average molecular weight is 760 g/mol. The van der Waals surface area contributed by atoms with E-state index in [0.717, 1.165) is 77.0 Å². The highest BCUT2D eigenvalue weighted by Crippen LogP contribution is 2.18. The summed E-state index contributed by atoms with van der Waals surface area (Å²) >= 11 is 0. The molecule has 6 nitrogen and oxygen atoms in total. The Balaban J connectivity index is 4.61. The van der Waals surface area contributed by atoms with E-state index < -0.39 is 18.2 Å². The first-order valence-electron chi connectivity index (χ1n) is 23.2. The van der Waals surface area contributed by atoms with E-state index in [9.17, 15) is 19.8 Å². The van der Waals surface area contributed by atoms with E-state index >= 15 is 0 Å². The van der Waals surface area contributed by atoms with Gasteiger partial charge in [0.1, 0.15) is 6.10 Å². The number of hydrogen-bond acceptors (Lipinski definition) is 5. The predicted molar refractivity (Wildman–Crippen MR) is 232 cm³/mol. The Morgan fingerprint density at radius 3 is 1.50 bits per heavy atom. The maximum absolute atomic E-state index is 13.1. The molecule has 0 radical (unpaired) electrons. The average Bonchev–Trinajstić information content (AvgIpc) is 3.16. The predicted octanol–water partition coefficient (Wildman–Crippen LogP) is 13.3. The van der Waals surface area contributed by atoms with Crippen LogP contribution in [0.25, 0.3) is 0 Å². The monoisotopic (exact) mass is 760 g/mol. The van der Waals surface area contributed by atoms with E-state index in [-0.39, 0.29) is 24.9 Å². The van der Waals surface area contributed by atoms with Gasteiger partial charge in [0.05, 0.1) is 25.2 Å². The molecule has 3 atom stereocenters. The molecule has 0 aliphatic heterocycles. The molecule has 0 aliphatic rings. The van der Waals surface area contributed by atoms with Crippen molar-refractivity contribution < 1.29 is 24.5 Å². The molecule has 3 N–H and O–H groups in total. The lowest BCUT2D eigenvalue weighted by Crippen LogP contribution is -2.46. The molecule has 3 unspecified atom stereocenters. The summed E-state index contributed by atoms with van der Waals surface area (Å²) in [5.74, 6) is -0.493. The highest BCUT2D eigenvalue weighted by atomic mass is 16.5. The van der Waals surface area contributed by atoms with Crippen molar-refractivity contribution in [3.8, 4) is 0 Å². The Morgan fingerprint density at radius 1 is 0.556 bits per heavy atom. The number of esters is 1. The van der Waals surface area contributed by atoms with E-state index in [1.807, 2.05) is 0 Å². The molecular weight excluding hydrogens is 671 g/mol. The highest BCUT2D eigenvalue weighted by molar-refractivity contribution is 5.77. The fourth-order valence-corrected chi connectivity index (χ4v) is 7.02.